The molecule has 0 bridgehead atoms. The van der Waals surface area contributed by atoms with Crippen molar-refractivity contribution in [3.05, 3.63) is 22.5 Å². The maximum atomic E-state index is 10.5. The molecule has 1 heterocycles. The second-order valence-electron chi connectivity index (χ2n) is 4.79. The molecule has 1 N–H and O–H groups in total. The van der Waals surface area contributed by atoms with Crippen molar-refractivity contribution in [2.75, 3.05) is 5.32 Å². The lowest BCUT2D eigenvalue weighted by Gasteiger charge is -2.28. The fourth-order valence-electron chi connectivity index (χ4n) is 2.39. The maximum Gasteiger partial charge on any atom is 0.305 e. The van der Waals surface area contributed by atoms with Crippen LogP contribution < -0.4 is 5.32 Å². The van der Waals surface area contributed by atoms with E-state index in [4.69, 9.17) is 0 Å². The zero-order valence-corrected chi connectivity index (χ0v) is 10.5. The van der Waals surface area contributed by atoms with Gasteiger partial charge in [0.15, 0.2) is 0 Å². The van der Waals surface area contributed by atoms with Crippen LogP contribution in [0.15, 0.2) is 12.4 Å². The first-order valence-corrected chi connectivity index (χ1v) is 6.42. The lowest BCUT2D eigenvalue weighted by atomic mass is 9.85. The summed E-state index contributed by atoms with van der Waals surface area (Å²) in [5.74, 6) is 1.33. The summed E-state index contributed by atoms with van der Waals surface area (Å²) in [5, 5.41) is 13.7. The van der Waals surface area contributed by atoms with Gasteiger partial charge in [-0.3, -0.25) is 10.1 Å². The van der Waals surface area contributed by atoms with E-state index in [0.29, 0.717) is 12.0 Å². The van der Waals surface area contributed by atoms with Gasteiger partial charge < -0.3 is 5.32 Å². The molecule has 2 rings (SSSR count). The molecular weight excluding hydrogens is 232 g/mol. The Morgan fingerprint density at radius 1 is 1.33 bits per heavy atom. The van der Waals surface area contributed by atoms with Gasteiger partial charge in [-0.2, -0.15) is 0 Å². The number of hydrogen-bond acceptors (Lipinski definition) is 5. The lowest BCUT2D eigenvalue weighted by molar-refractivity contribution is -0.385. The van der Waals surface area contributed by atoms with E-state index in [0.717, 1.165) is 18.8 Å². The van der Waals surface area contributed by atoms with E-state index in [1.165, 1.54) is 31.7 Å². The lowest BCUT2D eigenvalue weighted by Crippen LogP contribution is -2.26. The van der Waals surface area contributed by atoms with Gasteiger partial charge in [0.2, 0.25) is 5.95 Å². The minimum atomic E-state index is -0.490. The molecule has 1 fully saturated rings. The van der Waals surface area contributed by atoms with Crippen molar-refractivity contribution in [3.8, 4) is 0 Å². The quantitative estimate of drug-likeness (QED) is 0.656. The zero-order valence-electron chi connectivity index (χ0n) is 10.5. The van der Waals surface area contributed by atoms with E-state index in [1.807, 2.05) is 0 Å². The molecule has 98 valence electrons. The third-order valence-corrected chi connectivity index (χ3v) is 3.61. The highest BCUT2D eigenvalue weighted by atomic mass is 16.6. The highest BCUT2D eigenvalue weighted by Crippen LogP contribution is 2.27. The standard InChI is InChI=1S/C12H18N4O2/c1-2-9-3-5-10(6-4-9)15-12-13-7-11(8-14-12)16(17)18/h7-10H,2-6H2,1H3,(H,13,14,15). The molecule has 0 aliphatic heterocycles. The molecule has 1 aliphatic carbocycles. The molecule has 6 nitrogen and oxygen atoms in total. The molecule has 0 radical (unpaired) electrons. The Morgan fingerprint density at radius 2 is 1.94 bits per heavy atom. The number of nitrogens with zero attached hydrogens (tertiary/aromatic N) is 3. The number of rotatable bonds is 4. The smallest absolute Gasteiger partial charge is 0.305 e. The first-order chi connectivity index (χ1) is 8.69. The van der Waals surface area contributed by atoms with Crippen LogP contribution in [0.2, 0.25) is 0 Å². The number of anilines is 1. The molecule has 0 aromatic carbocycles. The summed E-state index contributed by atoms with van der Waals surface area (Å²) in [7, 11) is 0. The molecular formula is C12H18N4O2. The van der Waals surface area contributed by atoms with Crippen molar-refractivity contribution < 1.29 is 4.92 Å². The van der Waals surface area contributed by atoms with Crippen molar-refractivity contribution in [2.24, 2.45) is 5.92 Å². The average molecular weight is 250 g/mol. The molecule has 0 spiro atoms. The number of nitrogens with one attached hydrogen (secondary N) is 1. The summed E-state index contributed by atoms with van der Waals surface area (Å²) < 4.78 is 0. The van der Waals surface area contributed by atoms with Gasteiger partial charge in [0.05, 0.1) is 4.92 Å². The molecule has 6 heteroatoms. The van der Waals surface area contributed by atoms with Crippen molar-refractivity contribution in [1.29, 1.82) is 0 Å². The predicted molar refractivity (Wildman–Crippen MR) is 68.3 cm³/mol. The summed E-state index contributed by atoms with van der Waals surface area (Å²) in [6.07, 6.45) is 8.46. The zero-order chi connectivity index (χ0) is 13.0. The molecule has 1 aliphatic rings. The van der Waals surface area contributed by atoms with E-state index < -0.39 is 4.92 Å². The summed E-state index contributed by atoms with van der Waals surface area (Å²) in [4.78, 5) is 17.9. The SMILES string of the molecule is CCC1CCC(Nc2ncc([N+](=O)[O-])cn2)CC1. The third-order valence-electron chi connectivity index (χ3n) is 3.61. The van der Waals surface area contributed by atoms with Gasteiger partial charge in [-0.15, -0.1) is 0 Å². The largest absolute Gasteiger partial charge is 0.351 e. The van der Waals surface area contributed by atoms with Crippen LogP contribution in [0.25, 0.3) is 0 Å². The van der Waals surface area contributed by atoms with Crippen LogP contribution >= 0.6 is 0 Å². The Balaban J connectivity index is 1.88. The number of hydrogen-bond donors (Lipinski definition) is 1. The fraction of sp³-hybridized carbons (Fsp3) is 0.667. The van der Waals surface area contributed by atoms with Crippen LogP contribution in [0, 0.1) is 16.0 Å². The number of aromatic nitrogens is 2. The molecule has 1 aromatic heterocycles. The molecule has 0 amide bonds. The first-order valence-electron chi connectivity index (χ1n) is 6.42. The Labute approximate surface area is 106 Å². The van der Waals surface area contributed by atoms with Crippen LogP contribution in [0.5, 0.6) is 0 Å². The fourth-order valence-corrected chi connectivity index (χ4v) is 2.39. The number of nitro groups is 1. The minimum absolute atomic E-state index is 0.0739. The Hall–Kier alpha value is -1.72. The van der Waals surface area contributed by atoms with Crippen LogP contribution in [0.3, 0.4) is 0 Å². The van der Waals surface area contributed by atoms with Gasteiger partial charge in [-0.1, -0.05) is 13.3 Å². The molecule has 1 aromatic rings. The predicted octanol–water partition coefficient (Wildman–Crippen LogP) is 2.77. The average Bonchev–Trinajstić information content (AvgIpc) is 2.40. The van der Waals surface area contributed by atoms with Crippen LogP contribution in [-0.2, 0) is 0 Å². The minimum Gasteiger partial charge on any atom is -0.351 e. The van der Waals surface area contributed by atoms with Gasteiger partial charge in [-0.05, 0) is 31.6 Å². The van der Waals surface area contributed by atoms with Crippen molar-refractivity contribution in [1.82, 2.24) is 9.97 Å². The summed E-state index contributed by atoms with van der Waals surface area (Å²) in [6.45, 7) is 2.23. The molecule has 18 heavy (non-hydrogen) atoms. The monoisotopic (exact) mass is 250 g/mol. The Morgan fingerprint density at radius 3 is 2.44 bits per heavy atom. The third kappa shape index (κ3) is 3.15. The van der Waals surface area contributed by atoms with Crippen molar-refractivity contribution in [2.45, 2.75) is 45.1 Å². The first kappa shape index (κ1) is 12.7. The normalized spacial score (nSPS) is 23.6. The van der Waals surface area contributed by atoms with Crippen LogP contribution in [0.4, 0.5) is 11.6 Å². The van der Waals surface area contributed by atoms with E-state index >= 15 is 0 Å². The van der Waals surface area contributed by atoms with Gasteiger partial charge >= 0.3 is 5.69 Å². The van der Waals surface area contributed by atoms with Crippen molar-refractivity contribution in [3.63, 3.8) is 0 Å². The van der Waals surface area contributed by atoms with Crippen LogP contribution in [0.1, 0.15) is 39.0 Å². The van der Waals surface area contributed by atoms with Gasteiger partial charge in [0, 0.05) is 6.04 Å². The van der Waals surface area contributed by atoms with E-state index in [1.54, 1.807) is 0 Å². The topological polar surface area (TPSA) is 81.0 Å². The molecule has 0 saturated heterocycles. The second-order valence-corrected chi connectivity index (χ2v) is 4.79. The highest BCUT2D eigenvalue weighted by molar-refractivity contribution is 5.31. The van der Waals surface area contributed by atoms with Crippen LogP contribution in [-0.4, -0.2) is 20.9 Å². The van der Waals surface area contributed by atoms with Crippen molar-refractivity contribution >= 4 is 11.6 Å². The molecule has 1 saturated carbocycles. The maximum absolute atomic E-state index is 10.5. The Bertz CT molecular complexity index is 399. The van der Waals surface area contributed by atoms with Gasteiger partial charge in [0.25, 0.3) is 0 Å². The molecule has 0 unspecified atom stereocenters. The molecule has 0 atom stereocenters. The highest BCUT2D eigenvalue weighted by Gasteiger charge is 2.20. The Kier molecular flexibility index (Phi) is 4.07. The second kappa shape index (κ2) is 5.75. The van der Waals surface area contributed by atoms with Gasteiger partial charge in [-0.25, -0.2) is 9.97 Å². The summed E-state index contributed by atoms with van der Waals surface area (Å²) in [6, 6.07) is 0.397. The van der Waals surface area contributed by atoms with E-state index in [-0.39, 0.29) is 5.69 Å². The van der Waals surface area contributed by atoms with E-state index in [9.17, 15) is 10.1 Å². The van der Waals surface area contributed by atoms with Gasteiger partial charge in [0.1, 0.15) is 12.4 Å². The van der Waals surface area contributed by atoms with E-state index in [2.05, 4.69) is 22.2 Å². The summed E-state index contributed by atoms with van der Waals surface area (Å²) >= 11 is 0. The summed E-state index contributed by atoms with van der Waals surface area (Å²) in [5.41, 5.74) is -0.0739.